The SMILES string of the molecule is CCCCCCC/C=C/[C@]1(OC)OC[C@@H](OCCCC)[C@H](OC)[C@H]1N. The van der Waals surface area contributed by atoms with E-state index in [4.69, 9.17) is 24.7 Å². The van der Waals surface area contributed by atoms with Crippen molar-refractivity contribution in [3.8, 4) is 0 Å². The van der Waals surface area contributed by atoms with Crippen molar-refractivity contribution in [1.29, 1.82) is 0 Å². The van der Waals surface area contributed by atoms with Crippen LogP contribution in [0.3, 0.4) is 0 Å². The van der Waals surface area contributed by atoms with Crippen molar-refractivity contribution in [1.82, 2.24) is 0 Å². The van der Waals surface area contributed by atoms with Crippen LogP contribution in [0.4, 0.5) is 0 Å². The monoisotopic (exact) mass is 357 g/mol. The van der Waals surface area contributed by atoms with Gasteiger partial charge < -0.3 is 24.7 Å². The molecule has 0 aromatic carbocycles. The van der Waals surface area contributed by atoms with Gasteiger partial charge in [-0.1, -0.05) is 52.0 Å². The second-order valence-corrected chi connectivity index (χ2v) is 6.83. The average Bonchev–Trinajstić information content (AvgIpc) is 2.63. The molecule has 148 valence electrons. The van der Waals surface area contributed by atoms with Crippen molar-refractivity contribution >= 4 is 0 Å². The van der Waals surface area contributed by atoms with Crippen LogP contribution in [0.25, 0.3) is 0 Å². The van der Waals surface area contributed by atoms with E-state index in [1.54, 1.807) is 14.2 Å². The summed E-state index contributed by atoms with van der Waals surface area (Å²) in [5, 5.41) is 0. The van der Waals surface area contributed by atoms with E-state index in [0.29, 0.717) is 13.2 Å². The largest absolute Gasteiger partial charge is 0.377 e. The van der Waals surface area contributed by atoms with Crippen molar-refractivity contribution in [3.63, 3.8) is 0 Å². The predicted molar refractivity (Wildman–Crippen MR) is 102 cm³/mol. The van der Waals surface area contributed by atoms with Crippen LogP contribution in [-0.2, 0) is 18.9 Å². The van der Waals surface area contributed by atoms with Crippen molar-refractivity contribution < 1.29 is 18.9 Å². The first-order valence-electron chi connectivity index (χ1n) is 9.91. The number of hydrogen-bond donors (Lipinski definition) is 1. The van der Waals surface area contributed by atoms with E-state index in [2.05, 4.69) is 19.9 Å². The number of hydrogen-bond acceptors (Lipinski definition) is 5. The summed E-state index contributed by atoms with van der Waals surface area (Å²) in [5.41, 5.74) is 6.45. The molecule has 1 aliphatic rings. The van der Waals surface area contributed by atoms with E-state index < -0.39 is 11.8 Å². The second kappa shape index (κ2) is 12.8. The Bertz CT molecular complexity index is 364. The summed E-state index contributed by atoms with van der Waals surface area (Å²) >= 11 is 0. The zero-order chi connectivity index (χ0) is 18.5. The lowest BCUT2D eigenvalue weighted by atomic mass is 9.93. The first-order valence-corrected chi connectivity index (χ1v) is 9.91. The molecule has 2 N–H and O–H groups in total. The van der Waals surface area contributed by atoms with Crippen LogP contribution in [0.2, 0.25) is 0 Å². The molecule has 0 aliphatic carbocycles. The highest BCUT2D eigenvalue weighted by atomic mass is 16.7. The Labute approximate surface area is 154 Å². The number of methoxy groups -OCH3 is 2. The normalized spacial score (nSPS) is 30.2. The third-order valence-electron chi connectivity index (χ3n) is 4.90. The molecule has 1 saturated heterocycles. The Morgan fingerprint density at radius 2 is 1.80 bits per heavy atom. The van der Waals surface area contributed by atoms with Crippen LogP contribution in [0.5, 0.6) is 0 Å². The van der Waals surface area contributed by atoms with Gasteiger partial charge in [0, 0.05) is 20.8 Å². The van der Waals surface area contributed by atoms with Crippen LogP contribution in [0.1, 0.15) is 65.2 Å². The summed E-state index contributed by atoms with van der Waals surface area (Å²) in [4.78, 5) is 0. The third-order valence-corrected chi connectivity index (χ3v) is 4.90. The van der Waals surface area contributed by atoms with E-state index in [9.17, 15) is 0 Å². The van der Waals surface area contributed by atoms with Crippen molar-refractivity contribution in [2.75, 3.05) is 27.4 Å². The lowest BCUT2D eigenvalue weighted by Crippen LogP contribution is -2.65. The summed E-state index contributed by atoms with van der Waals surface area (Å²) in [6, 6.07) is -0.431. The Hall–Kier alpha value is -0.460. The fourth-order valence-corrected chi connectivity index (χ4v) is 3.22. The van der Waals surface area contributed by atoms with Gasteiger partial charge in [0.15, 0.2) is 0 Å². The van der Waals surface area contributed by atoms with Gasteiger partial charge in [0.1, 0.15) is 12.2 Å². The highest BCUT2D eigenvalue weighted by molar-refractivity contribution is 5.08. The van der Waals surface area contributed by atoms with E-state index >= 15 is 0 Å². The van der Waals surface area contributed by atoms with Gasteiger partial charge in [-0.3, -0.25) is 0 Å². The van der Waals surface area contributed by atoms with E-state index in [1.807, 2.05) is 6.08 Å². The zero-order valence-electron chi connectivity index (χ0n) is 16.7. The van der Waals surface area contributed by atoms with Crippen LogP contribution >= 0.6 is 0 Å². The van der Waals surface area contributed by atoms with Crippen molar-refractivity contribution in [3.05, 3.63) is 12.2 Å². The summed E-state index contributed by atoms with van der Waals surface area (Å²) in [6.45, 7) is 5.49. The topological polar surface area (TPSA) is 62.9 Å². The molecule has 0 radical (unpaired) electrons. The molecule has 25 heavy (non-hydrogen) atoms. The molecule has 0 amide bonds. The molecule has 0 unspecified atom stereocenters. The fourth-order valence-electron chi connectivity index (χ4n) is 3.22. The lowest BCUT2D eigenvalue weighted by Gasteiger charge is -2.45. The minimum atomic E-state index is -0.936. The minimum absolute atomic E-state index is 0.155. The number of ether oxygens (including phenoxy) is 4. The Morgan fingerprint density at radius 3 is 2.44 bits per heavy atom. The van der Waals surface area contributed by atoms with Gasteiger partial charge in [0.05, 0.1) is 12.6 Å². The first-order chi connectivity index (χ1) is 12.1. The van der Waals surface area contributed by atoms with Crippen LogP contribution in [0, 0.1) is 0 Å². The number of unbranched alkanes of at least 4 members (excludes halogenated alkanes) is 6. The van der Waals surface area contributed by atoms with Gasteiger partial charge in [-0.25, -0.2) is 0 Å². The Morgan fingerprint density at radius 1 is 1.08 bits per heavy atom. The molecule has 1 fully saturated rings. The molecule has 1 aliphatic heterocycles. The van der Waals surface area contributed by atoms with Gasteiger partial charge in [-0.05, 0) is 25.3 Å². The molecule has 0 spiro atoms. The maximum absolute atomic E-state index is 6.45. The molecular formula is C20H39NO4. The van der Waals surface area contributed by atoms with Crippen LogP contribution in [0.15, 0.2) is 12.2 Å². The molecule has 0 aromatic heterocycles. The van der Waals surface area contributed by atoms with Gasteiger partial charge in [-0.15, -0.1) is 0 Å². The van der Waals surface area contributed by atoms with Crippen molar-refractivity contribution in [2.45, 2.75) is 89.3 Å². The number of allylic oxidation sites excluding steroid dienone is 1. The summed E-state index contributed by atoms with van der Waals surface area (Å²) < 4.78 is 23.2. The number of rotatable bonds is 13. The van der Waals surface area contributed by atoms with Gasteiger partial charge in [0.2, 0.25) is 5.79 Å². The molecule has 1 rings (SSSR count). The summed E-state index contributed by atoms with van der Waals surface area (Å²) in [5.74, 6) is -0.936. The average molecular weight is 358 g/mol. The molecular weight excluding hydrogens is 318 g/mol. The van der Waals surface area contributed by atoms with E-state index in [-0.39, 0.29) is 12.2 Å². The molecule has 0 saturated carbocycles. The fraction of sp³-hybridized carbons (Fsp3) is 0.900. The first kappa shape index (κ1) is 22.6. The molecule has 1 heterocycles. The van der Waals surface area contributed by atoms with Crippen LogP contribution in [-0.4, -0.2) is 51.5 Å². The van der Waals surface area contributed by atoms with E-state index in [0.717, 1.165) is 19.3 Å². The smallest absolute Gasteiger partial charge is 0.205 e. The molecule has 0 bridgehead atoms. The maximum Gasteiger partial charge on any atom is 0.205 e. The Kier molecular flexibility index (Phi) is 11.6. The zero-order valence-corrected chi connectivity index (χ0v) is 16.7. The quantitative estimate of drug-likeness (QED) is 0.401. The summed E-state index contributed by atoms with van der Waals surface area (Å²) in [6.07, 6.45) is 13.2. The molecule has 5 heteroatoms. The minimum Gasteiger partial charge on any atom is -0.377 e. The highest BCUT2D eigenvalue weighted by Gasteiger charge is 2.48. The van der Waals surface area contributed by atoms with Crippen molar-refractivity contribution in [2.24, 2.45) is 5.73 Å². The lowest BCUT2D eigenvalue weighted by molar-refractivity contribution is -0.275. The third kappa shape index (κ3) is 6.99. The van der Waals surface area contributed by atoms with Gasteiger partial charge in [-0.2, -0.15) is 0 Å². The predicted octanol–water partition coefficient (Wildman–Crippen LogP) is 3.80. The van der Waals surface area contributed by atoms with Gasteiger partial charge >= 0.3 is 0 Å². The number of nitrogens with two attached hydrogens (primary N) is 1. The molecule has 0 aromatic rings. The maximum atomic E-state index is 6.45. The summed E-state index contributed by atoms with van der Waals surface area (Å²) in [7, 11) is 3.31. The molecule has 4 atom stereocenters. The van der Waals surface area contributed by atoms with E-state index in [1.165, 1.54) is 32.1 Å². The van der Waals surface area contributed by atoms with Crippen LogP contribution < -0.4 is 5.73 Å². The second-order valence-electron chi connectivity index (χ2n) is 6.83. The highest BCUT2D eigenvalue weighted by Crippen LogP contribution is 2.30. The molecule has 5 nitrogen and oxygen atoms in total. The standard InChI is InChI=1S/C20H39NO4/c1-5-7-9-10-11-12-13-14-20(23-4)19(21)18(22-3)17(16-25-20)24-15-8-6-2/h13-14,17-19H,5-12,15-16,21H2,1-4H3/b14-13+/t17-,18+,19-,20+/m1/s1. The van der Waals surface area contributed by atoms with Gasteiger partial charge in [0.25, 0.3) is 0 Å². The Balaban J connectivity index is 2.57.